The third kappa shape index (κ3) is 4.49. The van der Waals surface area contributed by atoms with Gasteiger partial charge in [-0.05, 0) is 31.2 Å². The van der Waals surface area contributed by atoms with Gasteiger partial charge in [-0.3, -0.25) is 9.59 Å². The maximum atomic E-state index is 12.8. The number of hydrogen-bond acceptors (Lipinski definition) is 5. The van der Waals surface area contributed by atoms with E-state index < -0.39 is 11.6 Å². The van der Waals surface area contributed by atoms with Crippen molar-refractivity contribution >= 4 is 5.91 Å². The standard InChI is InChI=1S/C21H25N3O4/c1-6-12-23(13-7-2)21(26)15(3)24-19(25)14-18(28-5)20(22-24)16-8-10-17(27-4)11-9-16/h6-11,14-15H,1-2,12-13H2,3-5H3/t15-/m0/s1. The maximum Gasteiger partial charge on any atom is 0.271 e. The molecule has 0 saturated carbocycles. The van der Waals surface area contributed by atoms with Gasteiger partial charge >= 0.3 is 0 Å². The fourth-order valence-corrected chi connectivity index (χ4v) is 2.77. The molecular formula is C21H25N3O4. The molecule has 2 rings (SSSR count). The highest BCUT2D eigenvalue weighted by atomic mass is 16.5. The number of rotatable bonds is 9. The Bertz CT molecular complexity index is 893. The fraction of sp³-hybridized carbons (Fsp3) is 0.286. The lowest BCUT2D eigenvalue weighted by atomic mass is 10.1. The highest BCUT2D eigenvalue weighted by molar-refractivity contribution is 5.80. The minimum atomic E-state index is -0.796. The summed E-state index contributed by atoms with van der Waals surface area (Å²) in [4.78, 5) is 27.0. The van der Waals surface area contributed by atoms with E-state index in [0.29, 0.717) is 30.3 Å². The average molecular weight is 383 g/mol. The molecule has 0 unspecified atom stereocenters. The molecule has 0 saturated heterocycles. The van der Waals surface area contributed by atoms with E-state index in [-0.39, 0.29) is 5.91 Å². The van der Waals surface area contributed by atoms with E-state index in [2.05, 4.69) is 18.3 Å². The van der Waals surface area contributed by atoms with Crippen LogP contribution in [0, 0.1) is 0 Å². The number of ether oxygens (including phenoxy) is 2. The molecule has 0 spiro atoms. The van der Waals surface area contributed by atoms with Crippen molar-refractivity contribution in [3.63, 3.8) is 0 Å². The van der Waals surface area contributed by atoms with Gasteiger partial charge in [-0.1, -0.05) is 12.2 Å². The van der Waals surface area contributed by atoms with Crippen molar-refractivity contribution in [3.8, 4) is 22.8 Å². The number of nitrogens with zero attached hydrogens (tertiary/aromatic N) is 3. The van der Waals surface area contributed by atoms with Crippen LogP contribution in [0.4, 0.5) is 0 Å². The second-order valence-electron chi connectivity index (χ2n) is 6.07. The average Bonchev–Trinajstić information content (AvgIpc) is 2.72. The first-order valence-electron chi connectivity index (χ1n) is 8.79. The van der Waals surface area contributed by atoms with Crippen molar-refractivity contribution in [3.05, 3.63) is 66.0 Å². The summed E-state index contributed by atoms with van der Waals surface area (Å²) in [5, 5.41) is 4.43. The molecule has 1 aromatic carbocycles. The number of amides is 1. The number of benzene rings is 1. The molecule has 0 aliphatic carbocycles. The normalized spacial score (nSPS) is 11.4. The van der Waals surface area contributed by atoms with Crippen molar-refractivity contribution in [2.24, 2.45) is 0 Å². The van der Waals surface area contributed by atoms with E-state index in [4.69, 9.17) is 9.47 Å². The van der Waals surface area contributed by atoms with E-state index in [0.717, 1.165) is 5.56 Å². The first kappa shape index (κ1) is 21.0. The Kier molecular flexibility index (Phi) is 7.14. The molecule has 1 heterocycles. The van der Waals surface area contributed by atoms with Crippen LogP contribution < -0.4 is 15.0 Å². The molecule has 7 nitrogen and oxygen atoms in total. The summed E-state index contributed by atoms with van der Waals surface area (Å²) in [6.07, 6.45) is 3.25. The molecule has 0 fully saturated rings. The fourth-order valence-electron chi connectivity index (χ4n) is 2.77. The van der Waals surface area contributed by atoms with Crippen molar-refractivity contribution < 1.29 is 14.3 Å². The predicted molar refractivity (Wildman–Crippen MR) is 109 cm³/mol. The summed E-state index contributed by atoms with van der Waals surface area (Å²) in [6.45, 7) is 9.68. The van der Waals surface area contributed by atoms with Crippen LogP contribution >= 0.6 is 0 Å². The zero-order valence-corrected chi connectivity index (χ0v) is 16.4. The number of hydrogen-bond donors (Lipinski definition) is 0. The van der Waals surface area contributed by atoms with Crippen molar-refractivity contribution in [2.75, 3.05) is 27.3 Å². The highest BCUT2D eigenvalue weighted by Crippen LogP contribution is 2.28. The lowest BCUT2D eigenvalue weighted by Crippen LogP contribution is -2.40. The van der Waals surface area contributed by atoms with Crippen LogP contribution in [0.5, 0.6) is 11.5 Å². The summed E-state index contributed by atoms with van der Waals surface area (Å²) in [5.41, 5.74) is 0.774. The molecular weight excluding hydrogens is 358 g/mol. The highest BCUT2D eigenvalue weighted by Gasteiger charge is 2.24. The van der Waals surface area contributed by atoms with Crippen molar-refractivity contribution in [2.45, 2.75) is 13.0 Å². The third-order valence-corrected chi connectivity index (χ3v) is 4.24. The SMILES string of the molecule is C=CCN(CC=C)C(=O)[C@H](C)n1nc(-c2ccc(OC)cc2)c(OC)cc1=O. The maximum absolute atomic E-state index is 12.8. The number of carbonyl (C=O) groups excluding carboxylic acids is 1. The molecule has 1 aromatic heterocycles. The van der Waals surface area contributed by atoms with E-state index in [1.54, 1.807) is 43.2 Å². The molecule has 0 aliphatic rings. The largest absolute Gasteiger partial charge is 0.497 e. The van der Waals surface area contributed by atoms with Crippen LogP contribution in [0.3, 0.4) is 0 Å². The van der Waals surface area contributed by atoms with Gasteiger partial charge in [0, 0.05) is 24.7 Å². The van der Waals surface area contributed by atoms with Crippen LogP contribution in [0.25, 0.3) is 11.3 Å². The van der Waals surface area contributed by atoms with Crippen molar-refractivity contribution in [1.29, 1.82) is 0 Å². The van der Waals surface area contributed by atoms with Crippen molar-refractivity contribution in [1.82, 2.24) is 14.7 Å². The Morgan fingerprint density at radius 2 is 1.79 bits per heavy atom. The molecule has 148 valence electrons. The van der Waals surface area contributed by atoms with Gasteiger partial charge in [0.25, 0.3) is 5.56 Å². The van der Waals surface area contributed by atoms with Gasteiger partial charge in [0.2, 0.25) is 5.91 Å². The topological polar surface area (TPSA) is 73.7 Å². The van der Waals surface area contributed by atoms with Gasteiger partial charge < -0.3 is 14.4 Å². The van der Waals surface area contributed by atoms with E-state index in [1.807, 2.05) is 12.1 Å². The van der Waals surface area contributed by atoms with E-state index in [9.17, 15) is 9.59 Å². The van der Waals surface area contributed by atoms with Gasteiger partial charge in [-0.15, -0.1) is 13.2 Å². The predicted octanol–water partition coefficient (Wildman–Crippen LogP) is 2.69. The first-order valence-corrected chi connectivity index (χ1v) is 8.79. The van der Waals surface area contributed by atoms with Gasteiger partial charge in [0.15, 0.2) is 5.75 Å². The van der Waals surface area contributed by atoms with Crippen LogP contribution in [-0.4, -0.2) is 47.9 Å². The monoisotopic (exact) mass is 383 g/mol. The zero-order valence-electron chi connectivity index (χ0n) is 16.4. The molecule has 0 bridgehead atoms. The van der Waals surface area contributed by atoms with Crippen LogP contribution in [-0.2, 0) is 4.79 Å². The number of carbonyl (C=O) groups is 1. The summed E-state index contributed by atoms with van der Waals surface area (Å²) >= 11 is 0. The smallest absolute Gasteiger partial charge is 0.271 e. The number of aromatic nitrogens is 2. The molecule has 0 N–H and O–H groups in total. The Hall–Kier alpha value is -3.35. The Balaban J connectivity index is 2.49. The zero-order chi connectivity index (χ0) is 20.7. The van der Waals surface area contributed by atoms with Gasteiger partial charge in [0.1, 0.15) is 17.5 Å². The summed E-state index contributed by atoms with van der Waals surface area (Å²) in [6, 6.07) is 7.74. The molecule has 1 amide bonds. The van der Waals surface area contributed by atoms with Crippen LogP contribution in [0.15, 0.2) is 60.4 Å². The summed E-state index contributed by atoms with van der Waals surface area (Å²) < 4.78 is 11.7. The molecule has 1 atom stereocenters. The Morgan fingerprint density at radius 1 is 1.18 bits per heavy atom. The molecule has 7 heteroatoms. The Morgan fingerprint density at radius 3 is 2.29 bits per heavy atom. The van der Waals surface area contributed by atoms with E-state index >= 15 is 0 Å². The van der Waals surface area contributed by atoms with Crippen LogP contribution in [0.2, 0.25) is 0 Å². The number of methoxy groups -OCH3 is 2. The molecule has 0 radical (unpaired) electrons. The minimum Gasteiger partial charge on any atom is -0.497 e. The third-order valence-electron chi connectivity index (χ3n) is 4.24. The molecule has 2 aromatic rings. The van der Waals surface area contributed by atoms with Gasteiger partial charge in [-0.2, -0.15) is 5.10 Å². The second kappa shape index (κ2) is 9.55. The Labute approximate surface area is 164 Å². The first-order chi connectivity index (χ1) is 13.5. The molecule has 28 heavy (non-hydrogen) atoms. The summed E-state index contributed by atoms with van der Waals surface area (Å²) in [5.74, 6) is 0.782. The lowest BCUT2D eigenvalue weighted by Gasteiger charge is -2.24. The molecule has 0 aliphatic heterocycles. The van der Waals surface area contributed by atoms with Gasteiger partial charge in [-0.25, -0.2) is 4.68 Å². The van der Waals surface area contributed by atoms with Gasteiger partial charge in [0.05, 0.1) is 14.2 Å². The quantitative estimate of drug-likeness (QED) is 0.623. The lowest BCUT2D eigenvalue weighted by molar-refractivity contribution is -0.133. The van der Waals surface area contributed by atoms with Crippen LogP contribution in [0.1, 0.15) is 13.0 Å². The summed E-state index contributed by atoms with van der Waals surface area (Å²) in [7, 11) is 3.05. The van der Waals surface area contributed by atoms with E-state index in [1.165, 1.54) is 17.9 Å². The minimum absolute atomic E-state index is 0.250. The second-order valence-corrected chi connectivity index (χ2v) is 6.07.